The number of nitrogens with zero attached hydrogens (tertiary/aromatic N) is 1. The fourth-order valence-corrected chi connectivity index (χ4v) is 2.33. The Morgan fingerprint density at radius 1 is 1.05 bits per heavy atom. The highest BCUT2D eigenvalue weighted by Crippen LogP contribution is 2.33. The van der Waals surface area contributed by atoms with Crippen molar-refractivity contribution >= 4 is 0 Å². The van der Waals surface area contributed by atoms with E-state index in [1.54, 1.807) is 6.20 Å². The molecule has 0 fully saturated rings. The second-order valence-corrected chi connectivity index (χ2v) is 4.96. The van der Waals surface area contributed by atoms with Gasteiger partial charge in [0, 0.05) is 18.3 Å². The summed E-state index contributed by atoms with van der Waals surface area (Å²) in [6.07, 6.45) is 2.69. The molecule has 0 amide bonds. The lowest BCUT2D eigenvalue weighted by Gasteiger charge is -2.15. The molecule has 0 bridgehead atoms. The molecule has 2 N–H and O–H groups in total. The smallest absolute Gasteiger partial charge is 0.161 e. The maximum Gasteiger partial charge on any atom is 0.161 e. The van der Waals surface area contributed by atoms with Crippen molar-refractivity contribution in [3.8, 4) is 11.5 Å². The Kier molecular flexibility index (Phi) is 3.56. The lowest BCUT2D eigenvalue weighted by molar-refractivity contribution is 0.297. The van der Waals surface area contributed by atoms with Crippen LogP contribution in [-0.2, 0) is 0 Å². The fraction of sp³-hybridized carbons (Fsp3) is 0.312. The molecule has 3 rings (SSSR count). The van der Waals surface area contributed by atoms with E-state index in [2.05, 4.69) is 4.98 Å². The first-order chi connectivity index (χ1) is 9.74. The number of hydrogen-bond donors (Lipinski definition) is 1. The van der Waals surface area contributed by atoms with Crippen LogP contribution in [0.5, 0.6) is 11.5 Å². The highest BCUT2D eigenvalue weighted by atomic mass is 16.5. The minimum Gasteiger partial charge on any atom is -0.490 e. The van der Waals surface area contributed by atoms with E-state index < -0.39 is 0 Å². The van der Waals surface area contributed by atoms with Gasteiger partial charge in [-0.1, -0.05) is 6.07 Å². The van der Waals surface area contributed by atoms with Crippen molar-refractivity contribution in [3.05, 3.63) is 53.3 Å². The molecule has 0 saturated carbocycles. The van der Waals surface area contributed by atoms with Gasteiger partial charge in [0.2, 0.25) is 0 Å². The second-order valence-electron chi connectivity index (χ2n) is 4.96. The van der Waals surface area contributed by atoms with Gasteiger partial charge in [-0.3, -0.25) is 4.98 Å². The number of rotatable bonds is 2. The Balaban J connectivity index is 1.92. The summed E-state index contributed by atoms with van der Waals surface area (Å²) in [4.78, 5) is 4.20. The maximum absolute atomic E-state index is 6.33. The Bertz CT molecular complexity index is 613. The van der Waals surface area contributed by atoms with Gasteiger partial charge in [0.05, 0.1) is 19.3 Å². The first-order valence-corrected chi connectivity index (χ1v) is 6.82. The van der Waals surface area contributed by atoms with Crippen molar-refractivity contribution in [2.75, 3.05) is 13.2 Å². The number of fused-ring (bicyclic) bond motifs is 1. The molecule has 0 spiro atoms. The second kappa shape index (κ2) is 5.51. The minimum atomic E-state index is -0.186. The maximum atomic E-state index is 6.33. The van der Waals surface area contributed by atoms with Gasteiger partial charge in [-0.2, -0.15) is 0 Å². The van der Waals surface area contributed by atoms with Crippen LogP contribution in [0.3, 0.4) is 0 Å². The van der Waals surface area contributed by atoms with Gasteiger partial charge in [0.15, 0.2) is 11.5 Å². The van der Waals surface area contributed by atoms with E-state index in [9.17, 15) is 0 Å². The van der Waals surface area contributed by atoms with Crippen LogP contribution in [0, 0.1) is 6.92 Å². The molecule has 20 heavy (non-hydrogen) atoms. The molecule has 1 unspecified atom stereocenters. The molecule has 0 radical (unpaired) electrons. The third-order valence-electron chi connectivity index (χ3n) is 3.41. The summed E-state index contributed by atoms with van der Waals surface area (Å²) >= 11 is 0. The lowest BCUT2D eigenvalue weighted by atomic mass is 9.99. The number of nitrogens with two attached hydrogens (primary N) is 1. The number of aromatic nitrogens is 1. The van der Waals surface area contributed by atoms with Crippen molar-refractivity contribution < 1.29 is 9.47 Å². The van der Waals surface area contributed by atoms with E-state index >= 15 is 0 Å². The van der Waals surface area contributed by atoms with Crippen LogP contribution >= 0.6 is 0 Å². The molecular formula is C16H18N2O2. The van der Waals surface area contributed by atoms with Gasteiger partial charge in [0.25, 0.3) is 0 Å². The molecule has 1 aliphatic heterocycles. The summed E-state index contributed by atoms with van der Waals surface area (Å²) in [5.74, 6) is 1.57. The SMILES string of the molecule is Cc1cc(C(N)c2ccc3c(c2)OCCCO3)ccn1. The lowest BCUT2D eigenvalue weighted by Crippen LogP contribution is -2.12. The number of pyridine rings is 1. The van der Waals surface area contributed by atoms with E-state index in [1.165, 1.54) is 0 Å². The van der Waals surface area contributed by atoms with Crippen molar-refractivity contribution in [1.29, 1.82) is 0 Å². The van der Waals surface area contributed by atoms with E-state index in [1.807, 2.05) is 37.3 Å². The van der Waals surface area contributed by atoms with E-state index in [-0.39, 0.29) is 6.04 Å². The van der Waals surface area contributed by atoms with Crippen LogP contribution in [-0.4, -0.2) is 18.2 Å². The zero-order valence-electron chi connectivity index (χ0n) is 11.5. The average molecular weight is 270 g/mol. The van der Waals surface area contributed by atoms with Crippen LogP contribution in [0.4, 0.5) is 0 Å². The average Bonchev–Trinajstić information content (AvgIpc) is 2.71. The summed E-state index contributed by atoms with van der Waals surface area (Å²) in [5.41, 5.74) is 9.36. The molecule has 1 aromatic heterocycles. The predicted octanol–water partition coefficient (Wildman–Crippen LogP) is 2.60. The minimum absolute atomic E-state index is 0.186. The highest BCUT2D eigenvalue weighted by Gasteiger charge is 2.15. The Morgan fingerprint density at radius 2 is 1.80 bits per heavy atom. The molecule has 4 heteroatoms. The third-order valence-corrected chi connectivity index (χ3v) is 3.41. The fourth-order valence-electron chi connectivity index (χ4n) is 2.33. The molecule has 2 heterocycles. The Hall–Kier alpha value is -2.07. The van der Waals surface area contributed by atoms with Gasteiger partial charge in [-0.05, 0) is 42.3 Å². The summed E-state index contributed by atoms with van der Waals surface area (Å²) < 4.78 is 11.3. The standard InChI is InChI=1S/C16H18N2O2/c1-11-9-13(5-6-18-11)16(17)12-3-4-14-15(10-12)20-8-2-7-19-14/h3-6,9-10,16H,2,7-8,17H2,1H3. The van der Waals surface area contributed by atoms with Gasteiger partial charge in [-0.25, -0.2) is 0 Å². The number of aryl methyl sites for hydroxylation is 1. The summed E-state index contributed by atoms with van der Waals surface area (Å²) in [5, 5.41) is 0. The molecule has 0 saturated heterocycles. The molecule has 1 aliphatic rings. The van der Waals surface area contributed by atoms with Gasteiger partial charge < -0.3 is 15.2 Å². The molecule has 0 aliphatic carbocycles. The van der Waals surface area contributed by atoms with Crippen molar-refractivity contribution in [1.82, 2.24) is 4.98 Å². The molecule has 1 aromatic carbocycles. The van der Waals surface area contributed by atoms with Crippen molar-refractivity contribution in [3.63, 3.8) is 0 Å². The largest absolute Gasteiger partial charge is 0.490 e. The van der Waals surface area contributed by atoms with Crippen LogP contribution < -0.4 is 15.2 Å². The Labute approximate surface area is 118 Å². The zero-order chi connectivity index (χ0) is 13.9. The van der Waals surface area contributed by atoms with E-state index in [0.29, 0.717) is 13.2 Å². The third kappa shape index (κ3) is 2.60. The predicted molar refractivity (Wildman–Crippen MR) is 77.1 cm³/mol. The summed E-state index contributed by atoms with van der Waals surface area (Å²) in [6.45, 7) is 3.34. The molecule has 4 nitrogen and oxygen atoms in total. The zero-order valence-corrected chi connectivity index (χ0v) is 11.5. The number of benzene rings is 1. The van der Waals surface area contributed by atoms with Gasteiger partial charge >= 0.3 is 0 Å². The van der Waals surface area contributed by atoms with E-state index in [0.717, 1.165) is 34.7 Å². The van der Waals surface area contributed by atoms with E-state index in [4.69, 9.17) is 15.2 Å². The van der Waals surface area contributed by atoms with Gasteiger partial charge in [-0.15, -0.1) is 0 Å². The Morgan fingerprint density at radius 3 is 2.60 bits per heavy atom. The van der Waals surface area contributed by atoms with Crippen LogP contribution in [0.2, 0.25) is 0 Å². The molecule has 2 aromatic rings. The molecular weight excluding hydrogens is 252 g/mol. The quantitative estimate of drug-likeness (QED) is 0.911. The number of ether oxygens (including phenoxy) is 2. The van der Waals surface area contributed by atoms with Crippen LogP contribution in [0.1, 0.15) is 29.3 Å². The summed E-state index contributed by atoms with van der Waals surface area (Å²) in [7, 11) is 0. The van der Waals surface area contributed by atoms with Crippen molar-refractivity contribution in [2.24, 2.45) is 5.73 Å². The van der Waals surface area contributed by atoms with Crippen LogP contribution in [0.15, 0.2) is 36.5 Å². The topological polar surface area (TPSA) is 57.4 Å². The highest BCUT2D eigenvalue weighted by molar-refractivity contribution is 5.46. The van der Waals surface area contributed by atoms with Gasteiger partial charge in [0.1, 0.15) is 0 Å². The summed E-state index contributed by atoms with van der Waals surface area (Å²) in [6, 6.07) is 9.67. The van der Waals surface area contributed by atoms with Crippen LogP contribution in [0.25, 0.3) is 0 Å². The molecule has 104 valence electrons. The monoisotopic (exact) mass is 270 g/mol. The van der Waals surface area contributed by atoms with Crippen molar-refractivity contribution in [2.45, 2.75) is 19.4 Å². The first-order valence-electron chi connectivity index (χ1n) is 6.82. The number of hydrogen-bond acceptors (Lipinski definition) is 4. The first kappa shape index (κ1) is 12.9. The molecule has 1 atom stereocenters. The normalized spacial score (nSPS) is 15.5.